The van der Waals surface area contributed by atoms with Crippen molar-refractivity contribution < 1.29 is 0 Å². The summed E-state index contributed by atoms with van der Waals surface area (Å²) in [7, 11) is 0. The van der Waals surface area contributed by atoms with Crippen LogP contribution in [0.1, 0.15) is 35.9 Å². The van der Waals surface area contributed by atoms with Gasteiger partial charge in [-0.15, -0.1) is 24.0 Å². The SMILES string of the molecule is CCNC(=NCc1cccc(Cn2cccn2)c1)NCCCn1nc(C)cc1C.I. The van der Waals surface area contributed by atoms with E-state index in [1.54, 1.807) is 6.20 Å². The first kappa shape index (κ1) is 23.9. The molecule has 0 aliphatic rings. The Hall–Kier alpha value is -2.36. The van der Waals surface area contributed by atoms with Crippen LogP contribution in [0, 0.1) is 13.8 Å². The van der Waals surface area contributed by atoms with E-state index in [2.05, 4.69) is 69.7 Å². The van der Waals surface area contributed by atoms with Gasteiger partial charge < -0.3 is 10.6 Å². The van der Waals surface area contributed by atoms with Crippen LogP contribution in [0.15, 0.2) is 53.8 Å². The molecule has 3 rings (SSSR count). The molecule has 0 fully saturated rings. The minimum Gasteiger partial charge on any atom is -0.357 e. The molecule has 0 saturated carbocycles. The van der Waals surface area contributed by atoms with Crippen molar-refractivity contribution in [1.82, 2.24) is 30.2 Å². The summed E-state index contributed by atoms with van der Waals surface area (Å²) in [6.07, 6.45) is 4.77. The molecule has 30 heavy (non-hydrogen) atoms. The molecule has 1 aromatic carbocycles. The van der Waals surface area contributed by atoms with Crippen LogP contribution in [0.4, 0.5) is 0 Å². The average molecular weight is 521 g/mol. The van der Waals surface area contributed by atoms with Crippen LogP contribution < -0.4 is 10.6 Å². The van der Waals surface area contributed by atoms with E-state index in [-0.39, 0.29) is 24.0 Å². The van der Waals surface area contributed by atoms with Gasteiger partial charge in [0.15, 0.2) is 5.96 Å². The summed E-state index contributed by atoms with van der Waals surface area (Å²) >= 11 is 0. The zero-order valence-corrected chi connectivity index (χ0v) is 20.3. The standard InChI is InChI=1S/C22H31N7.HI/c1-4-23-22(24-10-6-13-29-19(3)14-18(2)27-29)25-16-20-8-5-9-21(15-20)17-28-12-7-11-26-28;/h5,7-9,11-12,14-15H,4,6,10,13,16-17H2,1-3H3,(H2,23,24,25);1H. The van der Waals surface area contributed by atoms with Gasteiger partial charge in [0.05, 0.1) is 18.8 Å². The summed E-state index contributed by atoms with van der Waals surface area (Å²) in [5.41, 5.74) is 4.69. The molecule has 2 aromatic heterocycles. The normalized spacial score (nSPS) is 11.2. The predicted molar refractivity (Wildman–Crippen MR) is 132 cm³/mol. The molecule has 0 bridgehead atoms. The highest BCUT2D eigenvalue weighted by atomic mass is 127. The Bertz CT molecular complexity index is 915. The zero-order valence-electron chi connectivity index (χ0n) is 18.0. The molecule has 0 atom stereocenters. The molecule has 2 N–H and O–H groups in total. The van der Waals surface area contributed by atoms with Crippen molar-refractivity contribution in [2.24, 2.45) is 4.99 Å². The Balaban J connectivity index is 0.00000320. The maximum Gasteiger partial charge on any atom is 0.191 e. The largest absolute Gasteiger partial charge is 0.357 e. The van der Waals surface area contributed by atoms with Gasteiger partial charge >= 0.3 is 0 Å². The number of rotatable bonds is 9. The number of hydrogen-bond donors (Lipinski definition) is 2. The van der Waals surface area contributed by atoms with Gasteiger partial charge in [-0.25, -0.2) is 4.99 Å². The molecule has 2 heterocycles. The molecule has 7 nitrogen and oxygen atoms in total. The molecular formula is C22H32IN7. The van der Waals surface area contributed by atoms with Gasteiger partial charge in [0.1, 0.15) is 0 Å². The molecule has 0 saturated heterocycles. The third-order valence-corrected chi connectivity index (χ3v) is 4.60. The van der Waals surface area contributed by atoms with Gasteiger partial charge in [0, 0.05) is 37.7 Å². The minimum atomic E-state index is 0. The van der Waals surface area contributed by atoms with E-state index in [0.717, 1.165) is 44.3 Å². The molecule has 8 heteroatoms. The number of halogens is 1. The van der Waals surface area contributed by atoms with E-state index < -0.39 is 0 Å². The van der Waals surface area contributed by atoms with Crippen LogP contribution >= 0.6 is 24.0 Å². The summed E-state index contributed by atoms with van der Waals surface area (Å²) in [5.74, 6) is 0.846. The third kappa shape index (κ3) is 7.47. The van der Waals surface area contributed by atoms with Crippen molar-refractivity contribution in [3.8, 4) is 0 Å². The number of guanidine groups is 1. The molecular weight excluding hydrogens is 489 g/mol. The fourth-order valence-corrected chi connectivity index (χ4v) is 3.26. The lowest BCUT2D eigenvalue weighted by Gasteiger charge is -2.12. The van der Waals surface area contributed by atoms with Gasteiger partial charge in [0.2, 0.25) is 0 Å². The van der Waals surface area contributed by atoms with E-state index in [9.17, 15) is 0 Å². The molecule has 162 valence electrons. The highest BCUT2D eigenvalue weighted by molar-refractivity contribution is 14.0. The second-order valence-corrected chi connectivity index (χ2v) is 7.15. The van der Waals surface area contributed by atoms with Crippen LogP contribution in [0.25, 0.3) is 0 Å². The number of nitrogens with one attached hydrogen (secondary N) is 2. The molecule has 0 unspecified atom stereocenters. The van der Waals surface area contributed by atoms with E-state index in [0.29, 0.717) is 6.54 Å². The van der Waals surface area contributed by atoms with Crippen LogP contribution in [0.2, 0.25) is 0 Å². The number of nitrogens with zero attached hydrogens (tertiary/aromatic N) is 5. The van der Waals surface area contributed by atoms with Crippen LogP contribution in [-0.4, -0.2) is 38.6 Å². The van der Waals surface area contributed by atoms with Crippen LogP contribution in [0.5, 0.6) is 0 Å². The molecule has 3 aromatic rings. The monoisotopic (exact) mass is 521 g/mol. The molecule has 0 aliphatic carbocycles. The second kappa shape index (κ2) is 12.4. The summed E-state index contributed by atoms with van der Waals surface area (Å²) < 4.78 is 3.99. The first-order valence-electron chi connectivity index (χ1n) is 10.2. The van der Waals surface area contributed by atoms with Crippen molar-refractivity contribution in [2.45, 2.75) is 46.8 Å². The molecule has 0 aliphatic heterocycles. The minimum absolute atomic E-state index is 0. The van der Waals surface area contributed by atoms with Crippen LogP contribution in [0.3, 0.4) is 0 Å². The van der Waals surface area contributed by atoms with Gasteiger partial charge in [-0.1, -0.05) is 24.3 Å². The smallest absolute Gasteiger partial charge is 0.191 e. The summed E-state index contributed by atoms with van der Waals surface area (Å²) in [6.45, 7) is 10.2. The predicted octanol–water partition coefficient (Wildman–Crippen LogP) is 3.51. The molecule has 0 amide bonds. The first-order valence-corrected chi connectivity index (χ1v) is 10.2. The zero-order chi connectivity index (χ0) is 20.5. The Morgan fingerprint density at radius 3 is 2.63 bits per heavy atom. The second-order valence-electron chi connectivity index (χ2n) is 7.15. The van der Waals surface area contributed by atoms with Crippen molar-refractivity contribution in [2.75, 3.05) is 13.1 Å². The van der Waals surface area contributed by atoms with Gasteiger partial charge in [-0.3, -0.25) is 9.36 Å². The summed E-state index contributed by atoms with van der Waals surface area (Å²) in [4.78, 5) is 4.74. The van der Waals surface area contributed by atoms with Crippen molar-refractivity contribution in [1.29, 1.82) is 0 Å². The average Bonchev–Trinajstić information content (AvgIpc) is 3.32. The topological polar surface area (TPSA) is 72.1 Å². The van der Waals surface area contributed by atoms with Crippen molar-refractivity contribution in [3.63, 3.8) is 0 Å². The van der Waals surface area contributed by atoms with Gasteiger partial charge in [-0.05, 0) is 50.5 Å². The molecule has 0 spiro atoms. The lowest BCUT2D eigenvalue weighted by molar-refractivity contribution is 0.555. The maximum absolute atomic E-state index is 4.74. The Morgan fingerprint density at radius 1 is 1.10 bits per heavy atom. The fourth-order valence-electron chi connectivity index (χ4n) is 3.26. The summed E-state index contributed by atoms with van der Waals surface area (Å²) in [6, 6.07) is 12.6. The highest BCUT2D eigenvalue weighted by Crippen LogP contribution is 2.08. The quantitative estimate of drug-likeness (QED) is 0.196. The maximum atomic E-state index is 4.74. The number of hydrogen-bond acceptors (Lipinski definition) is 3. The van der Waals surface area contributed by atoms with Crippen molar-refractivity contribution >= 4 is 29.9 Å². The van der Waals surface area contributed by atoms with Crippen LogP contribution in [-0.2, 0) is 19.6 Å². The van der Waals surface area contributed by atoms with E-state index in [1.807, 2.05) is 23.9 Å². The number of benzene rings is 1. The van der Waals surface area contributed by atoms with Gasteiger partial charge in [0.25, 0.3) is 0 Å². The highest BCUT2D eigenvalue weighted by Gasteiger charge is 2.02. The Morgan fingerprint density at radius 2 is 1.93 bits per heavy atom. The number of aryl methyl sites for hydroxylation is 3. The Kier molecular flexibility index (Phi) is 9.85. The first-order chi connectivity index (χ1) is 14.1. The lowest BCUT2D eigenvalue weighted by Crippen LogP contribution is -2.38. The number of aliphatic imine (C=N–C) groups is 1. The van der Waals surface area contributed by atoms with Gasteiger partial charge in [-0.2, -0.15) is 10.2 Å². The fraction of sp³-hybridized carbons (Fsp3) is 0.409. The van der Waals surface area contributed by atoms with E-state index >= 15 is 0 Å². The molecule has 0 radical (unpaired) electrons. The summed E-state index contributed by atoms with van der Waals surface area (Å²) in [5, 5.41) is 15.5. The Labute approximate surface area is 196 Å². The number of aromatic nitrogens is 4. The van der Waals surface area contributed by atoms with E-state index in [1.165, 1.54) is 16.8 Å². The third-order valence-electron chi connectivity index (χ3n) is 4.60. The van der Waals surface area contributed by atoms with E-state index in [4.69, 9.17) is 4.99 Å². The van der Waals surface area contributed by atoms with Crippen molar-refractivity contribution in [3.05, 3.63) is 71.3 Å². The lowest BCUT2D eigenvalue weighted by atomic mass is 10.1.